The maximum absolute atomic E-state index is 12.4. The molecule has 1 rings (SSSR count). The number of aromatic amines is 1. The first-order chi connectivity index (χ1) is 8.45. The average molecular weight is 276 g/mol. The van der Waals surface area contributed by atoms with Gasteiger partial charge in [0.1, 0.15) is 4.90 Å². The molecule has 0 aliphatic heterocycles. The van der Waals surface area contributed by atoms with Gasteiger partial charge in [0.15, 0.2) is 0 Å². The number of nitrogens with zero attached hydrogens (tertiary/aromatic N) is 2. The third-order valence-corrected chi connectivity index (χ3v) is 4.71. The highest BCUT2D eigenvalue weighted by Gasteiger charge is 2.27. The number of aryl methyl sites for hydroxylation is 1. The molecule has 3 N–H and O–H groups in total. The molecule has 0 radical (unpaired) electrons. The van der Waals surface area contributed by atoms with Gasteiger partial charge in [0.2, 0.25) is 10.0 Å². The molecule has 7 nitrogen and oxygen atoms in total. The van der Waals surface area contributed by atoms with Crippen molar-refractivity contribution in [3.63, 3.8) is 0 Å². The average Bonchev–Trinajstić information content (AvgIpc) is 2.71. The van der Waals surface area contributed by atoms with Gasteiger partial charge in [0.25, 0.3) is 0 Å². The molecule has 18 heavy (non-hydrogen) atoms. The van der Waals surface area contributed by atoms with Crippen LogP contribution in [0.2, 0.25) is 0 Å². The molecule has 0 atom stereocenters. The summed E-state index contributed by atoms with van der Waals surface area (Å²) in [6.45, 7) is 2.67. The minimum atomic E-state index is -3.55. The van der Waals surface area contributed by atoms with Gasteiger partial charge in [-0.05, 0) is 13.3 Å². The van der Waals surface area contributed by atoms with Gasteiger partial charge < -0.3 is 10.5 Å². The van der Waals surface area contributed by atoms with Gasteiger partial charge in [0.05, 0.1) is 11.4 Å². The Balaban J connectivity index is 2.94. The topological polar surface area (TPSA) is 101 Å². The molecule has 104 valence electrons. The van der Waals surface area contributed by atoms with Crippen molar-refractivity contribution in [1.29, 1.82) is 0 Å². The van der Waals surface area contributed by atoms with Crippen LogP contribution in [0.4, 0.5) is 0 Å². The van der Waals surface area contributed by atoms with Crippen molar-refractivity contribution in [3.05, 3.63) is 11.4 Å². The number of aromatic nitrogens is 2. The molecule has 0 amide bonds. The molecule has 1 aromatic heterocycles. The van der Waals surface area contributed by atoms with Gasteiger partial charge in [-0.15, -0.1) is 0 Å². The molecular formula is C10H20N4O3S. The van der Waals surface area contributed by atoms with Crippen molar-refractivity contribution in [2.75, 3.05) is 27.3 Å². The zero-order valence-electron chi connectivity index (χ0n) is 10.9. The Labute approximate surface area is 107 Å². The molecule has 0 spiro atoms. The molecule has 0 unspecified atom stereocenters. The highest BCUT2D eigenvalue weighted by Crippen LogP contribution is 2.21. The molecule has 0 saturated carbocycles. The lowest BCUT2D eigenvalue weighted by Gasteiger charge is -2.17. The van der Waals surface area contributed by atoms with Crippen LogP contribution in [0, 0.1) is 6.92 Å². The summed E-state index contributed by atoms with van der Waals surface area (Å²) in [5, 5.41) is 6.55. The van der Waals surface area contributed by atoms with Crippen LogP contribution in [-0.2, 0) is 21.3 Å². The maximum atomic E-state index is 12.4. The molecule has 0 fully saturated rings. The highest BCUT2D eigenvalue weighted by atomic mass is 32.2. The quantitative estimate of drug-likeness (QED) is 0.673. The van der Waals surface area contributed by atoms with E-state index in [1.54, 1.807) is 14.0 Å². The number of rotatable bonds is 7. The fourth-order valence-electron chi connectivity index (χ4n) is 1.66. The number of hydrogen-bond acceptors (Lipinski definition) is 5. The predicted octanol–water partition coefficient (Wildman–Crippen LogP) is -0.166. The zero-order chi connectivity index (χ0) is 13.8. The second-order valence-electron chi connectivity index (χ2n) is 4.00. The number of H-pyrrole nitrogens is 1. The zero-order valence-corrected chi connectivity index (χ0v) is 11.7. The van der Waals surface area contributed by atoms with E-state index in [9.17, 15) is 8.42 Å². The Morgan fingerprint density at radius 3 is 2.72 bits per heavy atom. The van der Waals surface area contributed by atoms with Crippen LogP contribution < -0.4 is 5.73 Å². The van der Waals surface area contributed by atoms with Crippen LogP contribution in [0.15, 0.2) is 4.90 Å². The van der Waals surface area contributed by atoms with Gasteiger partial charge in [-0.2, -0.15) is 5.10 Å². The second-order valence-corrected chi connectivity index (χ2v) is 5.98. The lowest BCUT2D eigenvalue weighted by Crippen LogP contribution is -2.29. The summed E-state index contributed by atoms with van der Waals surface area (Å²) < 4.78 is 30.9. The summed E-state index contributed by atoms with van der Waals surface area (Å²) >= 11 is 0. The number of sulfonamides is 1. The number of nitrogens with two attached hydrogens (primary N) is 1. The lowest BCUT2D eigenvalue weighted by molar-refractivity contribution is 0.189. The first-order valence-electron chi connectivity index (χ1n) is 5.64. The number of nitrogens with one attached hydrogen (secondary N) is 1. The summed E-state index contributed by atoms with van der Waals surface area (Å²) in [5.41, 5.74) is 6.37. The van der Waals surface area contributed by atoms with E-state index in [0.717, 1.165) is 0 Å². The molecule has 1 heterocycles. The summed E-state index contributed by atoms with van der Waals surface area (Å²) in [4.78, 5) is 0.185. The third-order valence-electron chi connectivity index (χ3n) is 2.64. The van der Waals surface area contributed by atoms with Gasteiger partial charge in [0, 0.05) is 33.9 Å². The highest BCUT2D eigenvalue weighted by molar-refractivity contribution is 7.89. The van der Waals surface area contributed by atoms with Crippen molar-refractivity contribution in [2.45, 2.75) is 24.8 Å². The van der Waals surface area contributed by atoms with Gasteiger partial charge in [-0.3, -0.25) is 5.10 Å². The van der Waals surface area contributed by atoms with Crippen LogP contribution in [0.25, 0.3) is 0 Å². The summed E-state index contributed by atoms with van der Waals surface area (Å²) in [6.07, 6.45) is 0.640. The molecular weight excluding hydrogens is 256 g/mol. The standard InChI is InChI=1S/C10H20N4O3S/c1-8-10(9(7-11)13-12-8)18(15,16)14(2)5-4-6-17-3/h4-7,11H2,1-3H3,(H,12,13). The Hall–Kier alpha value is -0.960. The molecule has 1 aromatic rings. The van der Waals surface area contributed by atoms with E-state index in [-0.39, 0.29) is 11.4 Å². The minimum Gasteiger partial charge on any atom is -0.385 e. The fourth-order valence-corrected chi connectivity index (χ4v) is 3.20. The van der Waals surface area contributed by atoms with Gasteiger partial charge >= 0.3 is 0 Å². The monoisotopic (exact) mass is 276 g/mol. The van der Waals surface area contributed by atoms with E-state index in [0.29, 0.717) is 31.0 Å². The van der Waals surface area contributed by atoms with Gasteiger partial charge in [-0.25, -0.2) is 12.7 Å². The third kappa shape index (κ3) is 3.08. The predicted molar refractivity (Wildman–Crippen MR) is 67.5 cm³/mol. The van der Waals surface area contributed by atoms with Crippen LogP contribution in [0.5, 0.6) is 0 Å². The number of ether oxygens (including phenoxy) is 1. The van der Waals surface area contributed by atoms with Gasteiger partial charge in [-0.1, -0.05) is 0 Å². The largest absolute Gasteiger partial charge is 0.385 e. The van der Waals surface area contributed by atoms with E-state index < -0.39 is 10.0 Å². The van der Waals surface area contributed by atoms with Crippen LogP contribution in [0.1, 0.15) is 17.8 Å². The Kier molecular flexibility index (Phi) is 5.27. The molecule has 0 aliphatic carbocycles. The molecule has 0 aromatic carbocycles. The van der Waals surface area contributed by atoms with Crippen molar-refractivity contribution in [1.82, 2.24) is 14.5 Å². The first-order valence-corrected chi connectivity index (χ1v) is 7.08. The summed E-state index contributed by atoms with van der Waals surface area (Å²) in [7, 11) is -0.422. The first kappa shape index (κ1) is 15.1. The summed E-state index contributed by atoms with van der Waals surface area (Å²) in [6, 6.07) is 0. The van der Waals surface area contributed by atoms with E-state index in [1.807, 2.05) is 0 Å². The Bertz CT molecular complexity index is 483. The summed E-state index contributed by atoms with van der Waals surface area (Å²) in [5.74, 6) is 0. The second kappa shape index (κ2) is 6.28. The van der Waals surface area contributed by atoms with Crippen molar-refractivity contribution in [3.8, 4) is 0 Å². The van der Waals surface area contributed by atoms with E-state index in [2.05, 4.69) is 10.2 Å². The smallest absolute Gasteiger partial charge is 0.246 e. The molecule has 0 aliphatic rings. The van der Waals surface area contributed by atoms with Crippen LogP contribution >= 0.6 is 0 Å². The van der Waals surface area contributed by atoms with E-state index in [1.165, 1.54) is 11.4 Å². The Morgan fingerprint density at radius 2 is 2.17 bits per heavy atom. The molecule has 0 saturated heterocycles. The molecule has 0 bridgehead atoms. The minimum absolute atomic E-state index is 0.0881. The van der Waals surface area contributed by atoms with E-state index in [4.69, 9.17) is 10.5 Å². The maximum Gasteiger partial charge on any atom is 0.246 e. The number of hydrogen-bond donors (Lipinski definition) is 2. The Morgan fingerprint density at radius 1 is 1.50 bits per heavy atom. The van der Waals surface area contributed by atoms with Crippen molar-refractivity contribution < 1.29 is 13.2 Å². The van der Waals surface area contributed by atoms with Crippen molar-refractivity contribution in [2.24, 2.45) is 5.73 Å². The fraction of sp³-hybridized carbons (Fsp3) is 0.700. The SMILES string of the molecule is COCCCN(C)S(=O)(=O)c1c(CN)n[nH]c1C. The van der Waals surface area contributed by atoms with Crippen LogP contribution in [-0.4, -0.2) is 50.2 Å². The normalized spacial score (nSPS) is 12.3. The molecule has 8 heteroatoms. The van der Waals surface area contributed by atoms with Crippen molar-refractivity contribution >= 4 is 10.0 Å². The van der Waals surface area contributed by atoms with E-state index >= 15 is 0 Å². The van der Waals surface area contributed by atoms with Crippen LogP contribution in [0.3, 0.4) is 0 Å². The lowest BCUT2D eigenvalue weighted by atomic mass is 10.4. The number of methoxy groups -OCH3 is 1.